The highest BCUT2D eigenvalue weighted by Gasteiger charge is 2.24. The number of aromatic nitrogens is 4. The topological polar surface area (TPSA) is 67.2 Å². The SMILES string of the molecule is Cc1ccc(Cc2nc(N3CCCN(C(=O)/C=C/c4ccccc4)CC3)c3c(C)nn(-c4ccc(F)cc4)c3n2)cc1. The van der Waals surface area contributed by atoms with Crippen molar-refractivity contribution in [3.63, 3.8) is 0 Å². The molecule has 5 aromatic rings. The van der Waals surface area contributed by atoms with Crippen molar-refractivity contribution in [2.24, 2.45) is 0 Å². The van der Waals surface area contributed by atoms with E-state index in [1.54, 1.807) is 22.9 Å². The van der Waals surface area contributed by atoms with Gasteiger partial charge in [-0.3, -0.25) is 4.79 Å². The molecule has 0 bridgehead atoms. The molecule has 6 rings (SSSR count). The van der Waals surface area contributed by atoms with Crippen LogP contribution in [0.15, 0.2) is 84.9 Å². The van der Waals surface area contributed by atoms with Crippen molar-refractivity contribution in [2.75, 3.05) is 31.1 Å². The Hall–Kier alpha value is -4.85. The van der Waals surface area contributed by atoms with E-state index < -0.39 is 0 Å². The molecule has 0 atom stereocenters. The molecule has 0 aliphatic carbocycles. The molecule has 7 nitrogen and oxygen atoms in total. The van der Waals surface area contributed by atoms with Gasteiger partial charge in [-0.05, 0) is 61.7 Å². The van der Waals surface area contributed by atoms with Crippen molar-refractivity contribution in [2.45, 2.75) is 26.7 Å². The number of amides is 1. The number of carbonyl (C=O) groups excluding carboxylic acids is 1. The zero-order valence-corrected chi connectivity index (χ0v) is 23.9. The summed E-state index contributed by atoms with van der Waals surface area (Å²) in [6.07, 6.45) is 4.91. The van der Waals surface area contributed by atoms with Crippen molar-refractivity contribution < 1.29 is 9.18 Å². The number of nitrogens with zero attached hydrogens (tertiary/aromatic N) is 6. The van der Waals surface area contributed by atoms with Crippen molar-refractivity contribution in [3.05, 3.63) is 119 Å². The van der Waals surface area contributed by atoms with E-state index in [9.17, 15) is 9.18 Å². The first kappa shape index (κ1) is 27.3. The van der Waals surface area contributed by atoms with E-state index in [4.69, 9.17) is 15.1 Å². The predicted molar refractivity (Wildman–Crippen MR) is 164 cm³/mol. The van der Waals surface area contributed by atoms with Crippen LogP contribution in [0.5, 0.6) is 0 Å². The third-order valence-corrected chi connectivity index (χ3v) is 7.61. The smallest absolute Gasteiger partial charge is 0.246 e. The van der Waals surface area contributed by atoms with Gasteiger partial charge in [0.15, 0.2) is 5.65 Å². The van der Waals surface area contributed by atoms with Gasteiger partial charge in [0.2, 0.25) is 5.91 Å². The Morgan fingerprint density at radius 3 is 2.40 bits per heavy atom. The lowest BCUT2D eigenvalue weighted by Gasteiger charge is -2.23. The quantitative estimate of drug-likeness (QED) is 0.242. The third-order valence-electron chi connectivity index (χ3n) is 7.61. The van der Waals surface area contributed by atoms with Gasteiger partial charge in [-0.25, -0.2) is 19.0 Å². The van der Waals surface area contributed by atoms with Crippen molar-refractivity contribution in [1.82, 2.24) is 24.6 Å². The van der Waals surface area contributed by atoms with Gasteiger partial charge >= 0.3 is 0 Å². The molecule has 1 fully saturated rings. The lowest BCUT2D eigenvalue weighted by atomic mass is 10.1. The highest BCUT2D eigenvalue weighted by Crippen LogP contribution is 2.30. The molecule has 1 amide bonds. The summed E-state index contributed by atoms with van der Waals surface area (Å²) in [6.45, 7) is 6.68. The summed E-state index contributed by atoms with van der Waals surface area (Å²) in [6, 6.07) is 24.5. The minimum absolute atomic E-state index is 0.00825. The largest absolute Gasteiger partial charge is 0.354 e. The number of benzene rings is 3. The fourth-order valence-electron chi connectivity index (χ4n) is 5.35. The molecule has 212 valence electrons. The van der Waals surface area contributed by atoms with E-state index in [1.807, 2.05) is 48.2 Å². The first-order valence-electron chi connectivity index (χ1n) is 14.3. The van der Waals surface area contributed by atoms with E-state index in [0.29, 0.717) is 37.5 Å². The summed E-state index contributed by atoms with van der Waals surface area (Å²) in [7, 11) is 0. The molecule has 3 aromatic carbocycles. The van der Waals surface area contributed by atoms with Gasteiger partial charge in [0.05, 0.1) is 16.8 Å². The summed E-state index contributed by atoms with van der Waals surface area (Å²) in [5.41, 5.74) is 5.54. The Morgan fingerprint density at radius 1 is 0.881 bits per heavy atom. The number of fused-ring (bicyclic) bond motifs is 1. The van der Waals surface area contributed by atoms with Gasteiger partial charge in [-0.1, -0.05) is 60.2 Å². The average Bonchev–Trinajstić information content (AvgIpc) is 3.16. The second-order valence-corrected chi connectivity index (χ2v) is 10.7. The van der Waals surface area contributed by atoms with Gasteiger partial charge in [0, 0.05) is 38.7 Å². The highest BCUT2D eigenvalue weighted by atomic mass is 19.1. The fourth-order valence-corrected chi connectivity index (χ4v) is 5.35. The fraction of sp³-hybridized carbons (Fsp3) is 0.235. The van der Waals surface area contributed by atoms with Crippen LogP contribution >= 0.6 is 0 Å². The molecule has 3 heterocycles. The van der Waals surface area contributed by atoms with Gasteiger partial charge < -0.3 is 9.80 Å². The van der Waals surface area contributed by atoms with Crippen LogP contribution < -0.4 is 4.90 Å². The number of aryl methyl sites for hydroxylation is 2. The predicted octanol–water partition coefficient (Wildman–Crippen LogP) is 5.91. The number of anilines is 1. The number of rotatable bonds is 6. The van der Waals surface area contributed by atoms with Crippen LogP contribution in [0, 0.1) is 19.7 Å². The first-order chi connectivity index (χ1) is 20.4. The van der Waals surface area contributed by atoms with Crippen molar-refractivity contribution >= 4 is 28.8 Å². The van der Waals surface area contributed by atoms with Crippen LogP contribution in [0.25, 0.3) is 22.8 Å². The highest BCUT2D eigenvalue weighted by molar-refractivity contribution is 5.92. The number of hydrogen-bond acceptors (Lipinski definition) is 5. The van der Waals surface area contributed by atoms with E-state index in [0.717, 1.165) is 46.7 Å². The molecular formula is C34H33FN6O. The summed E-state index contributed by atoms with van der Waals surface area (Å²) < 4.78 is 15.5. The van der Waals surface area contributed by atoms with Crippen molar-refractivity contribution in [3.8, 4) is 5.69 Å². The minimum atomic E-state index is -0.301. The van der Waals surface area contributed by atoms with Gasteiger partial charge in [0.1, 0.15) is 17.5 Å². The number of carbonyl (C=O) groups is 1. The standard InChI is InChI=1S/C34H33FN6O/c1-24-9-11-27(12-10-24)23-30-36-33(32-25(2)38-41(34(32)37-30)29-16-14-28(35)15-17-29)40-20-6-19-39(21-22-40)31(42)18-13-26-7-4-3-5-8-26/h3-5,7-18H,6,19-23H2,1-2H3/b18-13+. The maximum absolute atomic E-state index is 13.7. The molecule has 0 saturated carbocycles. The van der Waals surface area contributed by atoms with Crippen LogP contribution in [-0.2, 0) is 11.2 Å². The minimum Gasteiger partial charge on any atom is -0.354 e. The monoisotopic (exact) mass is 560 g/mol. The number of hydrogen-bond donors (Lipinski definition) is 0. The molecule has 42 heavy (non-hydrogen) atoms. The zero-order chi connectivity index (χ0) is 29.1. The maximum atomic E-state index is 13.7. The molecule has 0 N–H and O–H groups in total. The molecule has 1 aliphatic heterocycles. The van der Waals surface area contributed by atoms with Crippen LogP contribution in [0.1, 0.15) is 34.6 Å². The lowest BCUT2D eigenvalue weighted by Crippen LogP contribution is -2.34. The normalized spacial score (nSPS) is 14.1. The average molecular weight is 561 g/mol. The van der Waals surface area contributed by atoms with Crippen molar-refractivity contribution in [1.29, 1.82) is 0 Å². The summed E-state index contributed by atoms with van der Waals surface area (Å²) in [5, 5.41) is 5.69. The Morgan fingerprint density at radius 2 is 1.64 bits per heavy atom. The number of halogens is 1. The Kier molecular flexibility index (Phi) is 7.77. The van der Waals surface area contributed by atoms with Gasteiger partial charge in [0.25, 0.3) is 0 Å². The van der Waals surface area contributed by atoms with E-state index in [-0.39, 0.29) is 11.7 Å². The Balaban J connectivity index is 1.33. The van der Waals surface area contributed by atoms with E-state index in [1.165, 1.54) is 17.7 Å². The van der Waals surface area contributed by atoms with E-state index >= 15 is 0 Å². The molecule has 2 aromatic heterocycles. The summed E-state index contributed by atoms with van der Waals surface area (Å²) in [4.78, 5) is 27.3. The first-order valence-corrected chi connectivity index (χ1v) is 14.3. The molecule has 1 aliphatic rings. The summed E-state index contributed by atoms with van der Waals surface area (Å²) in [5.74, 6) is 1.22. The molecule has 8 heteroatoms. The van der Waals surface area contributed by atoms with Crippen LogP contribution in [0.2, 0.25) is 0 Å². The second kappa shape index (κ2) is 11.9. The molecule has 0 radical (unpaired) electrons. The lowest BCUT2D eigenvalue weighted by molar-refractivity contribution is -0.125. The Labute approximate surface area is 244 Å². The van der Waals surface area contributed by atoms with E-state index in [2.05, 4.69) is 36.1 Å². The molecule has 0 unspecified atom stereocenters. The van der Waals surface area contributed by atoms with Gasteiger partial charge in [-0.2, -0.15) is 5.10 Å². The molecule has 0 spiro atoms. The molecular weight excluding hydrogens is 527 g/mol. The van der Waals surface area contributed by atoms with Crippen LogP contribution in [0.3, 0.4) is 0 Å². The second-order valence-electron chi connectivity index (χ2n) is 10.7. The summed E-state index contributed by atoms with van der Waals surface area (Å²) >= 11 is 0. The molecule has 1 saturated heterocycles. The van der Waals surface area contributed by atoms with Crippen LogP contribution in [-0.4, -0.2) is 56.7 Å². The van der Waals surface area contributed by atoms with Gasteiger partial charge in [-0.15, -0.1) is 0 Å². The maximum Gasteiger partial charge on any atom is 0.246 e. The zero-order valence-electron chi connectivity index (χ0n) is 23.9. The Bertz CT molecular complexity index is 1730. The third kappa shape index (κ3) is 5.93. The van der Waals surface area contributed by atoms with Crippen LogP contribution in [0.4, 0.5) is 10.2 Å².